The molecule has 1 atom stereocenters. The average Bonchev–Trinajstić information content (AvgIpc) is 2.15. The Morgan fingerprint density at radius 1 is 1.33 bits per heavy atom. The van der Waals surface area contributed by atoms with Crippen LogP contribution in [0.15, 0.2) is 12.4 Å². The zero-order chi connectivity index (χ0) is 9.52. The van der Waals surface area contributed by atoms with Crippen LogP contribution in [0.3, 0.4) is 0 Å². The first-order valence-corrected chi connectivity index (χ1v) is 4.47. The monoisotopic (exact) mass is 168 g/mol. The van der Waals surface area contributed by atoms with Gasteiger partial charge in [-0.25, -0.2) is 0 Å². The Bertz CT molecular complexity index is 191. The minimum Gasteiger partial charge on any atom is -0.360 e. The van der Waals surface area contributed by atoms with Crippen molar-refractivity contribution in [2.75, 3.05) is 20.6 Å². The fraction of sp³-hybridized carbons (Fsp3) is 0.800. The summed E-state index contributed by atoms with van der Waals surface area (Å²) >= 11 is 0. The van der Waals surface area contributed by atoms with Crippen molar-refractivity contribution >= 4 is 0 Å². The Labute approximate surface area is 75.8 Å². The Morgan fingerprint density at radius 2 is 1.83 bits per heavy atom. The maximum Gasteiger partial charge on any atom is 0.0963 e. The molecule has 0 amide bonds. The summed E-state index contributed by atoms with van der Waals surface area (Å²) in [5.74, 6) is 1.13. The SMILES string of the molecule is C=C1N(C)CC(C(C)(C)C)N1C. The summed E-state index contributed by atoms with van der Waals surface area (Å²) in [6.45, 7) is 12.0. The van der Waals surface area contributed by atoms with E-state index in [0.717, 1.165) is 12.4 Å². The van der Waals surface area contributed by atoms with Crippen LogP contribution in [-0.4, -0.2) is 36.5 Å². The van der Waals surface area contributed by atoms with Crippen LogP contribution in [-0.2, 0) is 0 Å². The van der Waals surface area contributed by atoms with Gasteiger partial charge in [-0.3, -0.25) is 0 Å². The van der Waals surface area contributed by atoms with Crippen molar-refractivity contribution in [2.24, 2.45) is 5.41 Å². The molecule has 0 aliphatic carbocycles. The van der Waals surface area contributed by atoms with Crippen LogP contribution >= 0.6 is 0 Å². The van der Waals surface area contributed by atoms with Crippen molar-refractivity contribution in [3.8, 4) is 0 Å². The van der Waals surface area contributed by atoms with Gasteiger partial charge in [0, 0.05) is 20.6 Å². The van der Waals surface area contributed by atoms with Crippen LogP contribution < -0.4 is 0 Å². The van der Waals surface area contributed by atoms with Gasteiger partial charge in [0.2, 0.25) is 0 Å². The number of hydrogen-bond donors (Lipinski definition) is 0. The minimum atomic E-state index is 0.336. The van der Waals surface area contributed by atoms with Crippen LogP contribution in [0, 0.1) is 5.41 Å². The molecule has 0 aromatic carbocycles. The lowest BCUT2D eigenvalue weighted by atomic mass is 9.86. The largest absolute Gasteiger partial charge is 0.360 e. The molecule has 2 heteroatoms. The van der Waals surface area contributed by atoms with Gasteiger partial charge in [0.15, 0.2) is 0 Å². The Kier molecular flexibility index (Phi) is 2.11. The molecular formula is C10H20N2. The second kappa shape index (κ2) is 2.68. The highest BCUT2D eigenvalue weighted by Gasteiger charge is 2.35. The highest BCUT2D eigenvalue weighted by atomic mass is 15.4. The van der Waals surface area contributed by atoms with E-state index in [1.54, 1.807) is 0 Å². The van der Waals surface area contributed by atoms with E-state index in [0.29, 0.717) is 11.5 Å². The standard InChI is InChI=1S/C10H20N2/c1-8-11(5)7-9(12(8)6)10(2,3)4/h9H,1,7H2,2-6H3. The van der Waals surface area contributed by atoms with Crippen molar-refractivity contribution in [1.29, 1.82) is 0 Å². The van der Waals surface area contributed by atoms with Gasteiger partial charge in [-0.15, -0.1) is 0 Å². The van der Waals surface area contributed by atoms with E-state index in [9.17, 15) is 0 Å². The highest BCUT2D eigenvalue weighted by Crippen LogP contribution is 2.31. The summed E-state index contributed by atoms with van der Waals surface area (Å²) in [6.07, 6.45) is 0. The molecule has 1 saturated heterocycles. The fourth-order valence-corrected chi connectivity index (χ4v) is 1.79. The molecule has 1 aliphatic rings. The van der Waals surface area contributed by atoms with Gasteiger partial charge in [0.05, 0.1) is 11.9 Å². The van der Waals surface area contributed by atoms with E-state index < -0.39 is 0 Å². The quantitative estimate of drug-likeness (QED) is 0.543. The van der Waals surface area contributed by atoms with Gasteiger partial charge in [-0.1, -0.05) is 27.4 Å². The van der Waals surface area contributed by atoms with Gasteiger partial charge >= 0.3 is 0 Å². The Balaban J connectivity index is 2.78. The van der Waals surface area contributed by atoms with E-state index in [1.807, 2.05) is 0 Å². The number of hydrogen-bond acceptors (Lipinski definition) is 2. The number of likely N-dealkylation sites (N-methyl/N-ethyl adjacent to an activating group) is 2. The molecule has 2 nitrogen and oxygen atoms in total. The van der Waals surface area contributed by atoms with Crippen molar-refractivity contribution in [3.63, 3.8) is 0 Å². The predicted octanol–water partition coefficient (Wildman–Crippen LogP) is 1.75. The molecule has 1 fully saturated rings. The summed E-state index contributed by atoms with van der Waals surface area (Å²) in [7, 11) is 4.23. The smallest absolute Gasteiger partial charge is 0.0963 e. The summed E-state index contributed by atoms with van der Waals surface area (Å²) in [4.78, 5) is 4.50. The van der Waals surface area contributed by atoms with Crippen molar-refractivity contribution in [1.82, 2.24) is 9.80 Å². The van der Waals surface area contributed by atoms with Crippen LogP contribution in [0.2, 0.25) is 0 Å². The van der Waals surface area contributed by atoms with E-state index in [-0.39, 0.29) is 0 Å². The third-order valence-corrected chi connectivity index (χ3v) is 2.76. The van der Waals surface area contributed by atoms with E-state index >= 15 is 0 Å². The molecule has 0 N–H and O–H groups in total. The van der Waals surface area contributed by atoms with Crippen LogP contribution in [0.5, 0.6) is 0 Å². The average molecular weight is 168 g/mol. The molecule has 0 radical (unpaired) electrons. The molecule has 0 aromatic rings. The van der Waals surface area contributed by atoms with Gasteiger partial charge in [0.25, 0.3) is 0 Å². The summed E-state index contributed by atoms with van der Waals surface area (Å²) in [5, 5.41) is 0. The fourth-order valence-electron chi connectivity index (χ4n) is 1.79. The molecular weight excluding hydrogens is 148 g/mol. The van der Waals surface area contributed by atoms with Crippen molar-refractivity contribution in [2.45, 2.75) is 26.8 Å². The molecule has 1 unspecified atom stereocenters. The highest BCUT2D eigenvalue weighted by molar-refractivity contribution is 5.05. The first-order valence-electron chi connectivity index (χ1n) is 4.47. The summed E-state index contributed by atoms with van der Waals surface area (Å²) < 4.78 is 0. The van der Waals surface area contributed by atoms with Gasteiger partial charge in [-0.05, 0) is 5.41 Å². The zero-order valence-corrected chi connectivity index (χ0v) is 8.89. The molecule has 1 rings (SSSR count). The molecule has 1 aliphatic heterocycles. The molecule has 70 valence electrons. The molecule has 0 spiro atoms. The normalized spacial score (nSPS) is 25.4. The molecule has 0 aromatic heterocycles. The number of nitrogens with zero attached hydrogens (tertiary/aromatic N) is 2. The topological polar surface area (TPSA) is 6.48 Å². The number of rotatable bonds is 0. The van der Waals surface area contributed by atoms with E-state index in [4.69, 9.17) is 0 Å². The third-order valence-electron chi connectivity index (χ3n) is 2.76. The zero-order valence-electron chi connectivity index (χ0n) is 8.89. The second-order valence-electron chi connectivity index (χ2n) is 4.79. The van der Waals surface area contributed by atoms with Crippen LogP contribution in [0.25, 0.3) is 0 Å². The maximum absolute atomic E-state index is 4.03. The van der Waals surface area contributed by atoms with Crippen molar-refractivity contribution < 1.29 is 0 Å². The molecule has 0 bridgehead atoms. The summed E-state index contributed by atoms with van der Waals surface area (Å²) in [5.41, 5.74) is 0.336. The lowest BCUT2D eigenvalue weighted by Crippen LogP contribution is -2.38. The maximum atomic E-state index is 4.03. The van der Waals surface area contributed by atoms with Crippen LogP contribution in [0.1, 0.15) is 20.8 Å². The predicted molar refractivity (Wildman–Crippen MR) is 52.8 cm³/mol. The van der Waals surface area contributed by atoms with Gasteiger partial charge in [-0.2, -0.15) is 0 Å². The Morgan fingerprint density at radius 3 is 2.00 bits per heavy atom. The minimum absolute atomic E-state index is 0.336. The second-order valence-corrected chi connectivity index (χ2v) is 4.79. The Hall–Kier alpha value is -0.660. The van der Waals surface area contributed by atoms with Gasteiger partial charge in [0.1, 0.15) is 0 Å². The van der Waals surface area contributed by atoms with E-state index in [1.165, 1.54) is 0 Å². The van der Waals surface area contributed by atoms with Crippen LogP contribution in [0.4, 0.5) is 0 Å². The first-order chi connectivity index (χ1) is 5.34. The summed E-state index contributed by atoms with van der Waals surface area (Å²) in [6, 6.07) is 0.593. The van der Waals surface area contributed by atoms with E-state index in [2.05, 4.69) is 51.2 Å². The first kappa shape index (κ1) is 9.43. The molecule has 1 heterocycles. The lowest BCUT2D eigenvalue weighted by Gasteiger charge is -2.32. The van der Waals surface area contributed by atoms with Crippen molar-refractivity contribution in [3.05, 3.63) is 12.4 Å². The molecule has 12 heavy (non-hydrogen) atoms. The third kappa shape index (κ3) is 1.43. The van der Waals surface area contributed by atoms with Gasteiger partial charge < -0.3 is 9.80 Å². The lowest BCUT2D eigenvalue weighted by molar-refractivity contribution is 0.198. The molecule has 0 saturated carbocycles.